The Hall–Kier alpha value is -3.23. The smallest absolute Gasteiger partial charge is 0.243 e. The average Bonchev–Trinajstić information content (AvgIpc) is 2.79. The lowest BCUT2D eigenvalue weighted by Crippen LogP contribution is -2.41. The summed E-state index contributed by atoms with van der Waals surface area (Å²) in [6.07, 6.45) is 0. The first-order valence-corrected chi connectivity index (χ1v) is 11.9. The van der Waals surface area contributed by atoms with Crippen molar-refractivity contribution >= 4 is 15.9 Å². The molecule has 0 aliphatic carbocycles. The van der Waals surface area contributed by atoms with Gasteiger partial charge in [0.2, 0.25) is 15.9 Å². The minimum atomic E-state index is -3.98. The van der Waals surface area contributed by atoms with E-state index in [0.717, 1.165) is 9.87 Å². The second-order valence-electron chi connectivity index (χ2n) is 7.73. The van der Waals surface area contributed by atoms with Crippen molar-refractivity contribution in [3.8, 4) is 5.75 Å². The van der Waals surface area contributed by atoms with Gasteiger partial charge in [-0.15, -0.1) is 0 Å². The number of methoxy groups -OCH3 is 1. The van der Waals surface area contributed by atoms with Gasteiger partial charge in [-0.05, 0) is 60.9 Å². The molecule has 0 unspecified atom stereocenters. The Morgan fingerprint density at radius 2 is 1.73 bits per heavy atom. The van der Waals surface area contributed by atoms with Crippen LogP contribution in [-0.4, -0.2) is 32.3 Å². The number of aryl methyl sites for hydroxylation is 1. The monoisotopic (exact) mass is 470 g/mol. The quantitative estimate of drug-likeness (QED) is 0.508. The van der Waals surface area contributed by atoms with Gasteiger partial charge in [0.15, 0.2) is 0 Å². The Labute approximate surface area is 194 Å². The van der Waals surface area contributed by atoms with E-state index >= 15 is 0 Å². The number of amides is 1. The lowest BCUT2D eigenvalue weighted by molar-refractivity contribution is -0.122. The molecule has 33 heavy (non-hydrogen) atoms. The molecule has 3 rings (SSSR count). The Balaban J connectivity index is 1.85. The lowest BCUT2D eigenvalue weighted by atomic mass is 10.1. The van der Waals surface area contributed by atoms with E-state index in [1.54, 1.807) is 44.2 Å². The number of rotatable bonds is 9. The van der Waals surface area contributed by atoms with Crippen molar-refractivity contribution in [3.63, 3.8) is 0 Å². The molecule has 3 aromatic rings. The van der Waals surface area contributed by atoms with Gasteiger partial charge in [-0.25, -0.2) is 12.8 Å². The number of sulfonamides is 1. The normalized spacial score (nSPS) is 12.4. The van der Waals surface area contributed by atoms with E-state index in [-0.39, 0.29) is 23.8 Å². The minimum Gasteiger partial charge on any atom is -0.496 e. The van der Waals surface area contributed by atoms with E-state index in [0.29, 0.717) is 16.9 Å². The third-order valence-corrected chi connectivity index (χ3v) is 7.06. The van der Waals surface area contributed by atoms with Gasteiger partial charge in [0.1, 0.15) is 11.6 Å². The highest BCUT2D eigenvalue weighted by Gasteiger charge is 2.28. The van der Waals surface area contributed by atoms with Gasteiger partial charge in [0.05, 0.1) is 24.6 Å². The standard InChI is InChI=1S/C25H27FN2O4S/c1-18-15-23(13-14-24(18)32-3)33(30,31)28(16-20-7-5-4-6-8-20)17-25(29)27-19(2)21-9-11-22(26)12-10-21/h4-15,19H,16-17H2,1-3H3,(H,27,29)/t19-/m0/s1. The van der Waals surface area contributed by atoms with Crippen LogP contribution >= 0.6 is 0 Å². The molecule has 0 aromatic heterocycles. The molecule has 3 aromatic carbocycles. The first kappa shape index (κ1) is 24.4. The lowest BCUT2D eigenvalue weighted by Gasteiger charge is -2.23. The molecule has 0 aliphatic heterocycles. The third-order valence-electron chi connectivity index (χ3n) is 5.27. The number of nitrogens with zero attached hydrogens (tertiary/aromatic N) is 1. The Bertz CT molecular complexity index is 1200. The summed E-state index contributed by atoms with van der Waals surface area (Å²) in [5.41, 5.74) is 2.14. The Kier molecular flexibility index (Phi) is 7.84. The molecule has 174 valence electrons. The van der Waals surface area contributed by atoms with Crippen LogP contribution in [0.1, 0.15) is 29.7 Å². The van der Waals surface area contributed by atoms with Crippen molar-refractivity contribution in [2.45, 2.75) is 31.3 Å². The summed E-state index contributed by atoms with van der Waals surface area (Å²) in [5.74, 6) is -0.252. The summed E-state index contributed by atoms with van der Waals surface area (Å²) >= 11 is 0. The molecule has 1 amide bonds. The number of nitrogens with one attached hydrogen (secondary N) is 1. The predicted octanol–water partition coefficient (Wildman–Crippen LogP) is 4.21. The molecule has 6 nitrogen and oxygen atoms in total. The van der Waals surface area contributed by atoms with Crippen molar-refractivity contribution in [1.82, 2.24) is 9.62 Å². The van der Waals surface area contributed by atoms with E-state index in [9.17, 15) is 17.6 Å². The summed E-state index contributed by atoms with van der Waals surface area (Å²) < 4.78 is 46.5. The van der Waals surface area contributed by atoms with Gasteiger partial charge in [-0.2, -0.15) is 4.31 Å². The molecule has 0 aliphatic rings. The molecule has 0 bridgehead atoms. The van der Waals surface area contributed by atoms with Gasteiger partial charge in [0, 0.05) is 6.54 Å². The van der Waals surface area contributed by atoms with E-state index in [1.165, 1.54) is 31.4 Å². The highest BCUT2D eigenvalue weighted by atomic mass is 32.2. The van der Waals surface area contributed by atoms with Crippen LogP contribution < -0.4 is 10.1 Å². The van der Waals surface area contributed by atoms with E-state index in [2.05, 4.69) is 5.32 Å². The Morgan fingerprint density at radius 3 is 2.33 bits per heavy atom. The molecule has 0 heterocycles. The summed E-state index contributed by atoms with van der Waals surface area (Å²) in [6, 6.07) is 19.1. The summed E-state index contributed by atoms with van der Waals surface area (Å²) in [5, 5.41) is 2.80. The summed E-state index contributed by atoms with van der Waals surface area (Å²) in [6.45, 7) is 3.19. The number of halogens is 1. The number of hydrogen-bond donors (Lipinski definition) is 1. The van der Waals surface area contributed by atoms with Crippen molar-refractivity contribution in [2.75, 3.05) is 13.7 Å². The topological polar surface area (TPSA) is 75.7 Å². The molecule has 1 atom stereocenters. The van der Waals surface area contributed by atoms with Crippen molar-refractivity contribution < 1.29 is 22.3 Å². The fraction of sp³-hybridized carbons (Fsp3) is 0.240. The first-order valence-electron chi connectivity index (χ1n) is 10.4. The maximum absolute atomic E-state index is 13.5. The zero-order chi connectivity index (χ0) is 24.0. The van der Waals surface area contributed by atoms with Gasteiger partial charge in [-0.1, -0.05) is 42.5 Å². The number of carbonyl (C=O) groups excluding carboxylic acids is 1. The highest BCUT2D eigenvalue weighted by molar-refractivity contribution is 7.89. The summed E-state index contributed by atoms with van der Waals surface area (Å²) in [4.78, 5) is 12.9. The largest absolute Gasteiger partial charge is 0.496 e. The molecule has 0 radical (unpaired) electrons. The van der Waals surface area contributed by atoms with E-state index in [1.807, 2.05) is 18.2 Å². The number of benzene rings is 3. The first-order chi connectivity index (χ1) is 15.7. The molecular weight excluding hydrogens is 443 g/mol. The van der Waals surface area contributed by atoms with Crippen molar-refractivity contribution in [3.05, 3.63) is 95.3 Å². The molecular formula is C25H27FN2O4S. The van der Waals surface area contributed by atoms with Gasteiger partial charge < -0.3 is 10.1 Å². The van der Waals surface area contributed by atoms with Gasteiger partial charge in [0.25, 0.3) is 0 Å². The van der Waals surface area contributed by atoms with Crippen molar-refractivity contribution in [2.24, 2.45) is 0 Å². The molecule has 0 saturated heterocycles. The van der Waals surface area contributed by atoms with E-state index < -0.39 is 22.0 Å². The SMILES string of the molecule is COc1ccc(S(=O)(=O)N(CC(=O)N[C@@H](C)c2ccc(F)cc2)Cc2ccccc2)cc1C. The number of carbonyl (C=O) groups is 1. The molecule has 1 N–H and O–H groups in total. The number of hydrogen-bond acceptors (Lipinski definition) is 4. The zero-order valence-corrected chi connectivity index (χ0v) is 19.6. The summed E-state index contributed by atoms with van der Waals surface area (Å²) in [7, 11) is -2.46. The minimum absolute atomic E-state index is 0.0343. The number of ether oxygens (including phenoxy) is 1. The van der Waals surface area contributed by atoms with Crippen LogP contribution in [0, 0.1) is 12.7 Å². The third kappa shape index (κ3) is 6.18. The average molecular weight is 471 g/mol. The zero-order valence-electron chi connectivity index (χ0n) is 18.8. The van der Waals surface area contributed by atoms with Crippen LogP contribution in [0.4, 0.5) is 4.39 Å². The molecule has 0 fully saturated rings. The highest BCUT2D eigenvalue weighted by Crippen LogP contribution is 2.25. The maximum Gasteiger partial charge on any atom is 0.243 e. The fourth-order valence-corrected chi connectivity index (χ4v) is 4.93. The van der Waals surface area contributed by atoms with Gasteiger partial charge >= 0.3 is 0 Å². The molecule has 0 spiro atoms. The van der Waals surface area contributed by atoms with Crippen LogP contribution in [0.2, 0.25) is 0 Å². The van der Waals surface area contributed by atoms with Crippen LogP contribution in [-0.2, 0) is 21.4 Å². The molecule has 8 heteroatoms. The fourth-order valence-electron chi connectivity index (χ4n) is 3.46. The van der Waals surface area contributed by atoms with Crippen LogP contribution in [0.25, 0.3) is 0 Å². The Morgan fingerprint density at radius 1 is 1.06 bits per heavy atom. The van der Waals surface area contributed by atoms with E-state index in [4.69, 9.17) is 4.74 Å². The predicted molar refractivity (Wildman–Crippen MR) is 125 cm³/mol. The second-order valence-corrected chi connectivity index (χ2v) is 9.67. The maximum atomic E-state index is 13.5. The second kappa shape index (κ2) is 10.6. The van der Waals surface area contributed by atoms with Crippen LogP contribution in [0.3, 0.4) is 0 Å². The van der Waals surface area contributed by atoms with Crippen molar-refractivity contribution in [1.29, 1.82) is 0 Å². The van der Waals surface area contributed by atoms with Gasteiger partial charge in [-0.3, -0.25) is 4.79 Å². The van der Waals surface area contributed by atoms with Crippen LogP contribution in [0.5, 0.6) is 5.75 Å². The molecule has 0 saturated carbocycles. The van der Waals surface area contributed by atoms with Crippen LogP contribution in [0.15, 0.2) is 77.7 Å².